The molecule has 4 rings (SSSR count). The lowest BCUT2D eigenvalue weighted by atomic mass is 10.1. The highest BCUT2D eigenvalue weighted by atomic mass is 19.3. The number of alkyl halides is 2. The lowest BCUT2D eigenvalue weighted by Gasteiger charge is -2.14. The zero-order valence-electron chi connectivity index (χ0n) is 18.0. The van der Waals surface area contributed by atoms with Crippen LogP contribution in [0.2, 0.25) is 0 Å². The molecule has 1 aliphatic rings. The molecule has 34 heavy (non-hydrogen) atoms. The van der Waals surface area contributed by atoms with Gasteiger partial charge in [-0.15, -0.1) is 0 Å². The van der Waals surface area contributed by atoms with Gasteiger partial charge in [0.1, 0.15) is 11.6 Å². The molecule has 1 fully saturated rings. The maximum atomic E-state index is 13.9. The van der Waals surface area contributed by atoms with Crippen LogP contribution >= 0.6 is 0 Å². The molecule has 4 N–H and O–H groups in total. The van der Waals surface area contributed by atoms with Crippen LogP contribution in [-0.4, -0.2) is 28.3 Å². The first-order valence-electron chi connectivity index (χ1n) is 10.5. The molecule has 0 atom stereocenters. The molecule has 1 aromatic heterocycles. The average molecular weight is 464 g/mol. The number of carbonyl (C=O) groups is 1. The lowest BCUT2D eigenvalue weighted by Crippen LogP contribution is -2.25. The number of aliphatic imine (C=N–C) groups is 1. The third-order valence-electron chi connectivity index (χ3n) is 5.03. The number of anilines is 2. The number of hydrogen-bond acceptors (Lipinski definition) is 6. The molecular weight excluding hydrogens is 442 g/mol. The Bertz CT molecular complexity index is 1240. The predicted octanol–water partition coefficient (Wildman–Crippen LogP) is 4.94. The smallest absolute Gasteiger partial charge is 0.379 e. The number of aromatic nitrogens is 1. The van der Waals surface area contributed by atoms with Crippen LogP contribution in [0, 0.1) is 0 Å². The third-order valence-corrected chi connectivity index (χ3v) is 5.03. The number of hydrogen-bond donors (Lipinski definition) is 3. The quantitative estimate of drug-likeness (QED) is 0.306. The molecule has 1 aliphatic carbocycles. The summed E-state index contributed by atoms with van der Waals surface area (Å²) in [6, 6.07) is 17.8. The highest BCUT2D eigenvalue weighted by Gasteiger charge is 2.41. The maximum Gasteiger partial charge on any atom is 0.379 e. The highest BCUT2D eigenvalue weighted by Crippen LogP contribution is 2.31. The summed E-state index contributed by atoms with van der Waals surface area (Å²) in [5.74, 6) is -5.14. The number of carboxylic acid groups (broad SMARTS) is 1. The van der Waals surface area contributed by atoms with Gasteiger partial charge in [-0.2, -0.15) is 8.78 Å². The van der Waals surface area contributed by atoms with Gasteiger partial charge in [-0.3, -0.25) is 4.99 Å². The molecule has 1 saturated carbocycles. The van der Waals surface area contributed by atoms with Gasteiger partial charge in [0.15, 0.2) is 5.76 Å². The second kappa shape index (κ2) is 9.70. The van der Waals surface area contributed by atoms with Crippen LogP contribution in [0.15, 0.2) is 83.7 Å². The monoisotopic (exact) mass is 464 g/mol. The maximum absolute atomic E-state index is 13.9. The SMILES string of the molecule is NC(=C(C=NC1CC1)Oc1ccnc(Nc2cccc(C(F)(F)C(=O)O)c2)c1)c1ccccc1. The van der Waals surface area contributed by atoms with Crippen molar-refractivity contribution >= 4 is 29.4 Å². The van der Waals surface area contributed by atoms with E-state index in [9.17, 15) is 13.6 Å². The number of carboxylic acids is 1. The average Bonchev–Trinajstić information content (AvgIpc) is 3.67. The van der Waals surface area contributed by atoms with Gasteiger partial charge in [0.05, 0.1) is 18.0 Å². The Morgan fingerprint density at radius 1 is 1.15 bits per heavy atom. The van der Waals surface area contributed by atoms with Crippen LogP contribution in [0.3, 0.4) is 0 Å². The minimum Gasteiger partial charge on any atom is -0.477 e. The molecule has 9 heteroatoms. The first-order chi connectivity index (χ1) is 16.3. The van der Waals surface area contributed by atoms with Crippen molar-refractivity contribution in [2.75, 3.05) is 5.32 Å². The van der Waals surface area contributed by atoms with E-state index in [0.717, 1.165) is 30.5 Å². The molecule has 0 spiro atoms. The van der Waals surface area contributed by atoms with Crippen molar-refractivity contribution in [2.24, 2.45) is 10.7 Å². The zero-order chi connectivity index (χ0) is 24.1. The first-order valence-corrected chi connectivity index (χ1v) is 10.5. The Morgan fingerprint density at radius 2 is 1.91 bits per heavy atom. The van der Waals surface area contributed by atoms with Crippen LogP contribution in [-0.2, 0) is 10.7 Å². The normalized spacial score (nSPS) is 14.5. The number of ether oxygens (including phenoxy) is 1. The van der Waals surface area contributed by atoms with Gasteiger partial charge in [0.2, 0.25) is 0 Å². The molecule has 0 radical (unpaired) electrons. The van der Waals surface area contributed by atoms with E-state index in [1.54, 1.807) is 18.3 Å². The van der Waals surface area contributed by atoms with Gasteiger partial charge in [-0.1, -0.05) is 42.5 Å². The number of nitrogens with zero attached hydrogens (tertiary/aromatic N) is 2. The molecule has 3 aromatic rings. The summed E-state index contributed by atoms with van der Waals surface area (Å²) in [4.78, 5) is 19.5. The van der Waals surface area contributed by atoms with Gasteiger partial charge < -0.3 is 20.9 Å². The lowest BCUT2D eigenvalue weighted by molar-refractivity contribution is -0.166. The Balaban J connectivity index is 1.57. The van der Waals surface area contributed by atoms with Gasteiger partial charge in [-0.25, -0.2) is 9.78 Å². The Hall–Kier alpha value is -4.27. The number of rotatable bonds is 9. The molecule has 174 valence electrons. The minimum atomic E-state index is -4.01. The standard InChI is InChI=1S/C25H22F2N4O3/c26-25(27,24(32)33)17-7-4-8-19(13-17)31-22-14-20(11-12-29-22)34-21(15-30-18-9-10-18)23(28)16-5-2-1-3-6-16/h1-8,11-15,18H,9-10,28H2,(H,29,31)(H,32,33). The molecule has 2 aromatic carbocycles. The van der Waals surface area contributed by atoms with Crippen molar-refractivity contribution in [1.82, 2.24) is 4.98 Å². The van der Waals surface area contributed by atoms with E-state index in [1.165, 1.54) is 18.3 Å². The van der Waals surface area contributed by atoms with Crippen molar-refractivity contribution in [3.63, 3.8) is 0 Å². The zero-order valence-corrected chi connectivity index (χ0v) is 18.0. The first kappa shape index (κ1) is 22.9. The van der Waals surface area contributed by atoms with E-state index < -0.39 is 17.5 Å². The van der Waals surface area contributed by atoms with Crippen molar-refractivity contribution in [3.8, 4) is 5.75 Å². The molecule has 0 unspecified atom stereocenters. The fraction of sp³-hybridized carbons (Fsp3) is 0.160. The van der Waals surface area contributed by atoms with Crippen LogP contribution in [0.5, 0.6) is 5.75 Å². The molecule has 0 aliphatic heterocycles. The molecule has 0 bridgehead atoms. The number of benzene rings is 2. The second-order valence-corrected chi connectivity index (χ2v) is 7.72. The van der Waals surface area contributed by atoms with Crippen LogP contribution < -0.4 is 15.8 Å². The summed E-state index contributed by atoms with van der Waals surface area (Å²) in [6.07, 6.45) is 5.16. The molecule has 0 saturated heterocycles. The highest BCUT2D eigenvalue weighted by molar-refractivity contribution is 5.88. The van der Waals surface area contributed by atoms with Crippen LogP contribution in [0.25, 0.3) is 5.70 Å². The van der Waals surface area contributed by atoms with Crippen LogP contribution in [0.1, 0.15) is 24.0 Å². The van der Waals surface area contributed by atoms with E-state index in [1.807, 2.05) is 30.3 Å². The number of allylic oxidation sites excluding steroid dienone is 1. The fourth-order valence-electron chi connectivity index (χ4n) is 3.04. The fourth-order valence-corrected chi connectivity index (χ4v) is 3.04. The van der Waals surface area contributed by atoms with Gasteiger partial charge >= 0.3 is 11.9 Å². The van der Waals surface area contributed by atoms with E-state index in [0.29, 0.717) is 23.0 Å². The van der Waals surface area contributed by atoms with E-state index >= 15 is 0 Å². The summed E-state index contributed by atoms with van der Waals surface area (Å²) < 4.78 is 33.7. The second-order valence-electron chi connectivity index (χ2n) is 7.72. The number of nitrogens with one attached hydrogen (secondary N) is 1. The van der Waals surface area contributed by atoms with E-state index in [2.05, 4.69) is 15.3 Å². The van der Waals surface area contributed by atoms with Crippen molar-refractivity contribution < 1.29 is 23.4 Å². The Kier molecular flexibility index (Phi) is 6.53. The molecule has 0 amide bonds. The third kappa shape index (κ3) is 5.55. The van der Waals surface area contributed by atoms with Gasteiger partial charge in [0.25, 0.3) is 0 Å². The molecular formula is C25H22F2N4O3. The Labute approximate surface area is 194 Å². The van der Waals surface area contributed by atoms with Crippen molar-refractivity contribution in [3.05, 3.63) is 89.8 Å². The van der Waals surface area contributed by atoms with E-state index in [-0.39, 0.29) is 11.7 Å². The predicted molar refractivity (Wildman–Crippen MR) is 125 cm³/mol. The Morgan fingerprint density at radius 3 is 2.62 bits per heavy atom. The van der Waals surface area contributed by atoms with Crippen molar-refractivity contribution in [1.29, 1.82) is 0 Å². The van der Waals surface area contributed by atoms with Gasteiger partial charge in [-0.05, 0) is 31.0 Å². The summed E-state index contributed by atoms with van der Waals surface area (Å²) in [5, 5.41) is 11.7. The number of nitrogens with two attached hydrogens (primary N) is 1. The summed E-state index contributed by atoms with van der Waals surface area (Å²) in [5.41, 5.74) is 7.15. The number of halogens is 2. The van der Waals surface area contributed by atoms with Gasteiger partial charge in [0, 0.05) is 29.1 Å². The number of aliphatic carboxylic acids is 1. The summed E-state index contributed by atoms with van der Waals surface area (Å²) in [7, 11) is 0. The molecule has 1 heterocycles. The largest absolute Gasteiger partial charge is 0.477 e. The van der Waals surface area contributed by atoms with E-state index in [4.69, 9.17) is 15.6 Å². The topological polar surface area (TPSA) is 110 Å². The summed E-state index contributed by atoms with van der Waals surface area (Å²) >= 11 is 0. The minimum absolute atomic E-state index is 0.248. The number of pyridine rings is 1. The van der Waals surface area contributed by atoms with Crippen LogP contribution in [0.4, 0.5) is 20.3 Å². The summed E-state index contributed by atoms with van der Waals surface area (Å²) in [6.45, 7) is 0. The van der Waals surface area contributed by atoms with Crippen molar-refractivity contribution in [2.45, 2.75) is 24.8 Å². The molecule has 7 nitrogen and oxygen atoms in total.